The summed E-state index contributed by atoms with van der Waals surface area (Å²) in [6.45, 7) is 6.53. The number of unbranched alkanes of at least 4 members (excludes halogenated alkanes) is 1. The molecule has 1 aliphatic rings. The number of rotatable bonds is 6. The lowest BCUT2D eigenvalue weighted by Gasteiger charge is -2.24. The summed E-state index contributed by atoms with van der Waals surface area (Å²) in [7, 11) is 0. The average molecular weight is 265 g/mol. The van der Waals surface area contributed by atoms with Crippen molar-refractivity contribution in [1.29, 1.82) is 0 Å². The van der Waals surface area contributed by atoms with Crippen LogP contribution in [0.3, 0.4) is 0 Å². The van der Waals surface area contributed by atoms with Crippen molar-refractivity contribution in [3.05, 3.63) is 11.6 Å². The van der Waals surface area contributed by atoms with Crippen molar-refractivity contribution in [2.24, 2.45) is 0 Å². The van der Waals surface area contributed by atoms with Gasteiger partial charge in [-0.05, 0) is 32.7 Å². The number of carbonyl (C=O) groups is 1. The molecule has 0 aromatic carbocycles. The van der Waals surface area contributed by atoms with E-state index in [2.05, 4.69) is 27.4 Å². The van der Waals surface area contributed by atoms with E-state index in [4.69, 9.17) is 0 Å². The number of nitrogens with zero attached hydrogens (tertiary/aromatic N) is 3. The molecule has 19 heavy (non-hydrogen) atoms. The quantitative estimate of drug-likeness (QED) is 0.808. The molecular weight excluding hydrogens is 242 g/mol. The SMILES string of the molecule is CCCCN(CC1CCCN1)C(=O)c1n[nH]c(C)n1. The van der Waals surface area contributed by atoms with E-state index in [0.29, 0.717) is 11.9 Å². The van der Waals surface area contributed by atoms with Crippen LogP contribution in [-0.2, 0) is 0 Å². The number of aromatic amines is 1. The van der Waals surface area contributed by atoms with E-state index < -0.39 is 0 Å². The zero-order valence-electron chi connectivity index (χ0n) is 11.8. The van der Waals surface area contributed by atoms with Gasteiger partial charge in [-0.1, -0.05) is 13.3 Å². The predicted molar refractivity (Wildman–Crippen MR) is 73.0 cm³/mol. The van der Waals surface area contributed by atoms with E-state index in [1.807, 2.05) is 4.90 Å². The van der Waals surface area contributed by atoms with E-state index in [1.54, 1.807) is 6.92 Å². The van der Waals surface area contributed by atoms with Crippen LogP contribution in [0.25, 0.3) is 0 Å². The number of carbonyl (C=O) groups excluding carboxylic acids is 1. The summed E-state index contributed by atoms with van der Waals surface area (Å²) >= 11 is 0. The lowest BCUT2D eigenvalue weighted by molar-refractivity contribution is 0.0727. The molecule has 106 valence electrons. The third-order valence-corrected chi connectivity index (χ3v) is 3.46. The zero-order chi connectivity index (χ0) is 13.7. The highest BCUT2D eigenvalue weighted by atomic mass is 16.2. The van der Waals surface area contributed by atoms with Gasteiger partial charge < -0.3 is 10.2 Å². The monoisotopic (exact) mass is 265 g/mol. The van der Waals surface area contributed by atoms with Gasteiger partial charge in [0.25, 0.3) is 5.91 Å². The van der Waals surface area contributed by atoms with Crippen LogP contribution in [0.2, 0.25) is 0 Å². The van der Waals surface area contributed by atoms with Gasteiger partial charge in [0.1, 0.15) is 5.82 Å². The maximum absolute atomic E-state index is 12.4. The Bertz CT molecular complexity index is 411. The van der Waals surface area contributed by atoms with Gasteiger partial charge in [0.05, 0.1) is 0 Å². The van der Waals surface area contributed by atoms with Crippen LogP contribution < -0.4 is 5.32 Å². The second kappa shape index (κ2) is 6.65. The molecule has 1 amide bonds. The summed E-state index contributed by atoms with van der Waals surface area (Å²) in [6.07, 6.45) is 4.43. The molecule has 2 N–H and O–H groups in total. The Balaban J connectivity index is 2.00. The van der Waals surface area contributed by atoms with Crippen molar-refractivity contribution in [2.45, 2.75) is 45.6 Å². The van der Waals surface area contributed by atoms with Crippen LogP contribution in [0.15, 0.2) is 0 Å². The molecule has 6 heteroatoms. The highest BCUT2D eigenvalue weighted by Crippen LogP contribution is 2.10. The van der Waals surface area contributed by atoms with Crippen LogP contribution in [-0.4, -0.2) is 51.7 Å². The maximum atomic E-state index is 12.4. The molecule has 2 rings (SSSR count). The Morgan fingerprint density at radius 3 is 2.95 bits per heavy atom. The van der Waals surface area contributed by atoms with Crippen LogP contribution in [0.5, 0.6) is 0 Å². The van der Waals surface area contributed by atoms with Crippen molar-refractivity contribution < 1.29 is 4.79 Å². The lowest BCUT2D eigenvalue weighted by Crippen LogP contribution is -2.42. The molecule has 1 saturated heterocycles. The molecule has 1 aliphatic heterocycles. The highest BCUT2D eigenvalue weighted by Gasteiger charge is 2.24. The topological polar surface area (TPSA) is 73.9 Å². The van der Waals surface area contributed by atoms with Crippen LogP contribution in [0.1, 0.15) is 49.1 Å². The number of hydrogen-bond acceptors (Lipinski definition) is 4. The molecule has 1 aromatic heterocycles. The molecule has 0 bridgehead atoms. The van der Waals surface area contributed by atoms with Gasteiger partial charge in [0.15, 0.2) is 0 Å². The van der Waals surface area contributed by atoms with Gasteiger partial charge in [-0.2, -0.15) is 0 Å². The largest absolute Gasteiger partial charge is 0.334 e. The standard InChI is InChI=1S/C13H23N5O/c1-3-4-8-18(9-11-6-5-7-14-11)13(19)12-15-10(2)16-17-12/h11,14H,3-9H2,1-2H3,(H,15,16,17). The normalized spacial score (nSPS) is 18.7. The van der Waals surface area contributed by atoms with Gasteiger partial charge in [0.2, 0.25) is 5.82 Å². The first kappa shape index (κ1) is 14.0. The Kier molecular flexibility index (Phi) is 4.90. The fourth-order valence-electron chi connectivity index (χ4n) is 2.38. The Hall–Kier alpha value is -1.43. The highest BCUT2D eigenvalue weighted by molar-refractivity contribution is 5.90. The fraction of sp³-hybridized carbons (Fsp3) is 0.769. The van der Waals surface area contributed by atoms with Crippen molar-refractivity contribution in [2.75, 3.05) is 19.6 Å². The van der Waals surface area contributed by atoms with Gasteiger partial charge in [-0.3, -0.25) is 9.89 Å². The fourth-order valence-corrected chi connectivity index (χ4v) is 2.38. The number of H-pyrrole nitrogens is 1. The molecule has 0 spiro atoms. The molecular formula is C13H23N5O. The smallest absolute Gasteiger partial charge is 0.293 e. The number of aromatic nitrogens is 3. The number of aryl methyl sites for hydroxylation is 1. The minimum atomic E-state index is -0.0634. The van der Waals surface area contributed by atoms with Gasteiger partial charge in [0, 0.05) is 19.1 Å². The number of nitrogens with one attached hydrogen (secondary N) is 2. The zero-order valence-corrected chi connectivity index (χ0v) is 11.8. The third-order valence-electron chi connectivity index (χ3n) is 3.46. The third kappa shape index (κ3) is 3.76. The summed E-state index contributed by atoms with van der Waals surface area (Å²) in [6, 6.07) is 0.417. The second-order valence-electron chi connectivity index (χ2n) is 5.14. The van der Waals surface area contributed by atoms with Gasteiger partial charge >= 0.3 is 0 Å². The van der Waals surface area contributed by atoms with Crippen molar-refractivity contribution in [3.63, 3.8) is 0 Å². The lowest BCUT2D eigenvalue weighted by atomic mass is 10.2. The number of amides is 1. The van der Waals surface area contributed by atoms with Crippen LogP contribution in [0, 0.1) is 6.92 Å². The maximum Gasteiger partial charge on any atom is 0.293 e. The summed E-state index contributed by atoms with van der Waals surface area (Å²) in [4.78, 5) is 18.4. The molecule has 0 radical (unpaired) electrons. The predicted octanol–water partition coefficient (Wildman–Crippen LogP) is 1.11. The van der Waals surface area contributed by atoms with Gasteiger partial charge in [-0.25, -0.2) is 4.98 Å². The second-order valence-corrected chi connectivity index (χ2v) is 5.14. The molecule has 0 aliphatic carbocycles. The molecule has 6 nitrogen and oxygen atoms in total. The summed E-state index contributed by atoms with van der Waals surface area (Å²) in [5, 5.41) is 10.1. The van der Waals surface area contributed by atoms with Crippen molar-refractivity contribution >= 4 is 5.91 Å². The minimum Gasteiger partial charge on any atom is -0.334 e. The number of hydrogen-bond donors (Lipinski definition) is 2. The Morgan fingerprint density at radius 1 is 1.53 bits per heavy atom. The molecule has 1 atom stereocenters. The van der Waals surface area contributed by atoms with Crippen molar-refractivity contribution in [3.8, 4) is 0 Å². The van der Waals surface area contributed by atoms with E-state index in [-0.39, 0.29) is 11.7 Å². The first-order chi connectivity index (χ1) is 9.20. The minimum absolute atomic E-state index is 0.0634. The first-order valence-corrected chi connectivity index (χ1v) is 7.12. The van der Waals surface area contributed by atoms with Gasteiger partial charge in [-0.15, -0.1) is 5.10 Å². The summed E-state index contributed by atoms with van der Waals surface area (Å²) < 4.78 is 0. The molecule has 1 fully saturated rings. The summed E-state index contributed by atoms with van der Waals surface area (Å²) in [5.74, 6) is 0.899. The van der Waals surface area contributed by atoms with E-state index in [0.717, 1.165) is 38.9 Å². The van der Waals surface area contributed by atoms with E-state index in [9.17, 15) is 4.79 Å². The summed E-state index contributed by atoms with van der Waals surface area (Å²) in [5.41, 5.74) is 0. The molecule has 2 heterocycles. The Morgan fingerprint density at radius 2 is 2.37 bits per heavy atom. The first-order valence-electron chi connectivity index (χ1n) is 7.12. The molecule has 1 aromatic rings. The van der Waals surface area contributed by atoms with Crippen molar-refractivity contribution in [1.82, 2.24) is 25.4 Å². The Labute approximate surface area is 114 Å². The van der Waals surface area contributed by atoms with E-state index >= 15 is 0 Å². The molecule has 0 saturated carbocycles. The van der Waals surface area contributed by atoms with Crippen LogP contribution >= 0.6 is 0 Å². The average Bonchev–Trinajstić information content (AvgIpc) is 3.05. The van der Waals surface area contributed by atoms with E-state index in [1.165, 1.54) is 6.42 Å². The van der Waals surface area contributed by atoms with Crippen LogP contribution in [0.4, 0.5) is 0 Å². The molecule has 1 unspecified atom stereocenters.